The zero-order valence-corrected chi connectivity index (χ0v) is 14.6. The lowest BCUT2D eigenvalue weighted by atomic mass is 10.0. The molecule has 0 spiro atoms. The molecule has 0 saturated heterocycles. The minimum Gasteiger partial charge on any atom is -0.507 e. The molecule has 5 heteroatoms. The number of phenols is 1. The number of allylic oxidation sites excluding steroid dienone is 2. The Morgan fingerprint density at radius 3 is 2.65 bits per heavy atom. The zero-order valence-electron chi connectivity index (χ0n) is 13.8. The third kappa shape index (κ3) is 4.36. The molecule has 1 aromatic heterocycles. The van der Waals surface area contributed by atoms with E-state index in [1.54, 1.807) is 25.8 Å². The number of aromatic nitrogens is 1. The van der Waals surface area contributed by atoms with Gasteiger partial charge in [-0.2, -0.15) is 0 Å². The van der Waals surface area contributed by atoms with Crippen molar-refractivity contribution in [1.82, 2.24) is 4.98 Å². The number of hydrogen-bond donors (Lipinski definition) is 1. The summed E-state index contributed by atoms with van der Waals surface area (Å²) >= 11 is 1.50. The lowest BCUT2D eigenvalue weighted by Gasteiger charge is -2.10. The van der Waals surface area contributed by atoms with Gasteiger partial charge < -0.3 is 14.6 Å². The first-order valence-corrected chi connectivity index (χ1v) is 8.12. The van der Waals surface area contributed by atoms with Crippen molar-refractivity contribution < 1.29 is 14.6 Å². The van der Waals surface area contributed by atoms with Crippen molar-refractivity contribution in [3.8, 4) is 17.4 Å². The van der Waals surface area contributed by atoms with Crippen molar-refractivity contribution in [2.24, 2.45) is 0 Å². The number of hydrogen-bond acceptors (Lipinski definition) is 5. The molecule has 0 aliphatic carbocycles. The van der Waals surface area contributed by atoms with Crippen molar-refractivity contribution in [3.05, 3.63) is 45.3 Å². The molecule has 23 heavy (non-hydrogen) atoms. The Hall–Kier alpha value is -2.27. The molecule has 0 aliphatic rings. The Balaban J connectivity index is 2.30. The summed E-state index contributed by atoms with van der Waals surface area (Å²) in [6.45, 7) is 4.06. The molecule has 1 aromatic carbocycles. The summed E-state index contributed by atoms with van der Waals surface area (Å²) in [5.74, 6) is 1.51. The smallest absolute Gasteiger partial charge is 0.231 e. The van der Waals surface area contributed by atoms with Gasteiger partial charge in [-0.3, -0.25) is 0 Å². The van der Waals surface area contributed by atoms with Gasteiger partial charge in [-0.25, -0.2) is 4.98 Å². The number of ether oxygens (including phenoxy) is 2. The predicted molar refractivity (Wildman–Crippen MR) is 95.4 cm³/mol. The molecule has 2 rings (SSSR count). The second kappa shape index (κ2) is 7.83. The maximum Gasteiger partial charge on any atom is 0.231 e. The first-order valence-electron chi connectivity index (χ1n) is 7.24. The first kappa shape index (κ1) is 17.1. The normalized spacial score (nSPS) is 10.8. The zero-order chi connectivity index (χ0) is 16.8. The molecule has 0 amide bonds. The van der Waals surface area contributed by atoms with Gasteiger partial charge in [-0.05, 0) is 44.0 Å². The fraction of sp³-hybridized carbons (Fsp3) is 0.278. The third-order valence-electron chi connectivity index (χ3n) is 3.32. The topological polar surface area (TPSA) is 51.6 Å². The van der Waals surface area contributed by atoms with Crippen molar-refractivity contribution in [2.45, 2.75) is 20.3 Å². The van der Waals surface area contributed by atoms with E-state index in [1.165, 1.54) is 16.9 Å². The molecule has 0 unspecified atom stereocenters. The second-order valence-corrected chi connectivity index (χ2v) is 6.15. The van der Waals surface area contributed by atoms with E-state index in [-0.39, 0.29) is 5.75 Å². The van der Waals surface area contributed by atoms with E-state index < -0.39 is 0 Å². The average molecular weight is 331 g/mol. The van der Waals surface area contributed by atoms with Crippen LogP contribution in [-0.2, 0) is 6.42 Å². The van der Waals surface area contributed by atoms with Gasteiger partial charge >= 0.3 is 0 Å². The van der Waals surface area contributed by atoms with Crippen molar-refractivity contribution in [1.29, 1.82) is 0 Å². The third-order valence-corrected chi connectivity index (χ3v) is 4.10. The van der Waals surface area contributed by atoms with E-state index in [9.17, 15) is 5.11 Å². The monoisotopic (exact) mass is 331 g/mol. The predicted octanol–water partition coefficient (Wildman–Crippen LogP) is 4.55. The maximum atomic E-state index is 10.3. The summed E-state index contributed by atoms with van der Waals surface area (Å²) in [6, 6.07) is 3.65. The van der Waals surface area contributed by atoms with Crippen LogP contribution in [0.4, 0.5) is 0 Å². The summed E-state index contributed by atoms with van der Waals surface area (Å²) < 4.78 is 10.6. The first-order chi connectivity index (χ1) is 11.0. The van der Waals surface area contributed by atoms with Gasteiger partial charge in [0, 0.05) is 5.56 Å². The quantitative estimate of drug-likeness (QED) is 0.789. The standard InChI is InChI=1S/C18H21NO3S/c1-12(2)5-7-14-15(20)9-13(10-16(14)21-3)6-8-17-18(22-4)19-11-23-17/h5-6,8-11,20H,7H2,1-4H3/b8-6+. The van der Waals surface area contributed by atoms with Gasteiger partial charge in [0.15, 0.2) is 0 Å². The fourth-order valence-corrected chi connectivity index (χ4v) is 2.77. The molecule has 1 N–H and O–H groups in total. The number of aromatic hydroxyl groups is 1. The van der Waals surface area contributed by atoms with Gasteiger partial charge in [-0.1, -0.05) is 17.7 Å². The van der Waals surface area contributed by atoms with Crippen LogP contribution in [0.2, 0.25) is 0 Å². The summed E-state index contributed by atoms with van der Waals surface area (Å²) in [6.07, 6.45) is 6.53. The van der Waals surface area contributed by atoms with E-state index in [4.69, 9.17) is 9.47 Å². The summed E-state index contributed by atoms with van der Waals surface area (Å²) in [5, 5.41) is 10.3. The Kier molecular flexibility index (Phi) is 5.82. The average Bonchev–Trinajstić information content (AvgIpc) is 2.98. The maximum absolute atomic E-state index is 10.3. The number of benzene rings is 1. The van der Waals surface area contributed by atoms with E-state index in [0.29, 0.717) is 18.1 Å². The largest absolute Gasteiger partial charge is 0.507 e. The van der Waals surface area contributed by atoms with Crippen LogP contribution in [0.25, 0.3) is 12.2 Å². The van der Waals surface area contributed by atoms with E-state index >= 15 is 0 Å². The molecule has 0 bridgehead atoms. The Morgan fingerprint density at radius 2 is 2.00 bits per heavy atom. The number of nitrogens with zero attached hydrogens (tertiary/aromatic N) is 1. The van der Waals surface area contributed by atoms with Crippen LogP contribution >= 0.6 is 11.3 Å². The molecule has 122 valence electrons. The molecule has 0 atom stereocenters. The highest BCUT2D eigenvalue weighted by molar-refractivity contribution is 7.10. The minimum absolute atomic E-state index is 0.234. The lowest BCUT2D eigenvalue weighted by molar-refractivity contribution is 0.400. The second-order valence-electron chi connectivity index (χ2n) is 5.27. The van der Waals surface area contributed by atoms with Crippen LogP contribution in [0, 0.1) is 0 Å². The lowest BCUT2D eigenvalue weighted by Crippen LogP contribution is -1.93. The molecule has 2 aromatic rings. The molecule has 1 heterocycles. The number of thiazole rings is 1. The van der Waals surface area contributed by atoms with Crippen LogP contribution in [-0.4, -0.2) is 24.3 Å². The molecular formula is C18H21NO3S. The SMILES string of the molecule is COc1cc(/C=C/c2scnc2OC)cc(O)c1CC=C(C)C. The van der Waals surface area contributed by atoms with Crippen LogP contribution in [0.15, 0.2) is 29.3 Å². The van der Waals surface area contributed by atoms with Crippen molar-refractivity contribution in [3.63, 3.8) is 0 Å². The number of methoxy groups -OCH3 is 2. The van der Waals surface area contributed by atoms with Crippen LogP contribution in [0.3, 0.4) is 0 Å². The molecule has 0 aliphatic heterocycles. The molecule has 0 saturated carbocycles. The highest BCUT2D eigenvalue weighted by atomic mass is 32.1. The molecule has 4 nitrogen and oxygen atoms in total. The van der Waals surface area contributed by atoms with Gasteiger partial charge in [0.05, 0.1) is 24.6 Å². The fourth-order valence-electron chi connectivity index (χ4n) is 2.12. The highest BCUT2D eigenvalue weighted by Gasteiger charge is 2.10. The Morgan fingerprint density at radius 1 is 1.22 bits per heavy atom. The summed E-state index contributed by atoms with van der Waals surface area (Å²) in [5.41, 5.74) is 4.59. The van der Waals surface area contributed by atoms with E-state index in [2.05, 4.69) is 11.1 Å². The van der Waals surface area contributed by atoms with E-state index in [0.717, 1.165) is 16.0 Å². The highest BCUT2D eigenvalue weighted by Crippen LogP contribution is 2.32. The van der Waals surface area contributed by atoms with Gasteiger partial charge in [-0.15, -0.1) is 11.3 Å². The Bertz CT molecular complexity index is 728. The minimum atomic E-state index is 0.234. The van der Waals surface area contributed by atoms with Gasteiger partial charge in [0.2, 0.25) is 5.88 Å². The van der Waals surface area contributed by atoms with Crippen LogP contribution < -0.4 is 9.47 Å². The molecular weight excluding hydrogens is 310 g/mol. The van der Waals surface area contributed by atoms with Crippen molar-refractivity contribution >= 4 is 23.5 Å². The molecule has 0 fully saturated rings. The van der Waals surface area contributed by atoms with Gasteiger partial charge in [0.25, 0.3) is 0 Å². The number of phenolic OH excluding ortho intramolecular Hbond substituents is 1. The number of rotatable bonds is 6. The van der Waals surface area contributed by atoms with E-state index in [1.807, 2.05) is 32.1 Å². The van der Waals surface area contributed by atoms with Crippen LogP contribution in [0.5, 0.6) is 17.4 Å². The summed E-state index contributed by atoms with van der Waals surface area (Å²) in [7, 11) is 3.21. The van der Waals surface area contributed by atoms with Gasteiger partial charge in [0.1, 0.15) is 11.5 Å². The summed E-state index contributed by atoms with van der Waals surface area (Å²) in [4.78, 5) is 5.05. The molecule has 0 radical (unpaired) electrons. The Labute approximate surface area is 140 Å². The van der Waals surface area contributed by atoms with Crippen LogP contribution in [0.1, 0.15) is 29.9 Å². The van der Waals surface area contributed by atoms with Crippen molar-refractivity contribution in [2.75, 3.05) is 14.2 Å².